The average molecular weight is 339 g/mol. The van der Waals surface area contributed by atoms with Crippen LogP contribution in [0.4, 0.5) is 0 Å². The number of H-pyrrole nitrogens is 1. The molecule has 2 atom stereocenters. The molecule has 24 heavy (non-hydrogen) atoms. The zero-order valence-corrected chi connectivity index (χ0v) is 14.2. The number of carbonyl (C=O) groups excluding carboxylic acids is 3. The van der Waals surface area contributed by atoms with Crippen molar-refractivity contribution in [1.82, 2.24) is 20.6 Å². The van der Waals surface area contributed by atoms with E-state index in [1.807, 2.05) is 13.8 Å². The molecule has 9 heteroatoms. The van der Waals surface area contributed by atoms with E-state index in [4.69, 9.17) is 10.5 Å². The highest BCUT2D eigenvalue weighted by Gasteiger charge is 2.28. The largest absolute Gasteiger partial charge is 0.467 e. The lowest BCUT2D eigenvalue weighted by molar-refractivity contribution is -0.145. The Hall–Kier alpha value is -2.42. The molecule has 0 fully saturated rings. The number of imidazole rings is 1. The number of nitrogens with zero attached hydrogens (tertiary/aromatic N) is 1. The van der Waals surface area contributed by atoms with E-state index in [9.17, 15) is 14.4 Å². The number of methoxy groups -OCH3 is 1. The fourth-order valence-electron chi connectivity index (χ4n) is 2.18. The molecule has 1 heterocycles. The molecule has 9 nitrogen and oxygen atoms in total. The van der Waals surface area contributed by atoms with Gasteiger partial charge in [-0.05, 0) is 12.3 Å². The van der Waals surface area contributed by atoms with E-state index in [0.29, 0.717) is 12.1 Å². The van der Waals surface area contributed by atoms with Crippen LogP contribution in [0.25, 0.3) is 0 Å². The maximum absolute atomic E-state index is 12.5. The summed E-state index contributed by atoms with van der Waals surface area (Å²) in [6.45, 7) is 3.62. The molecule has 134 valence electrons. The third kappa shape index (κ3) is 6.37. The summed E-state index contributed by atoms with van der Waals surface area (Å²) >= 11 is 0. The van der Waals surface area contributed by atoms with E-state index in [0.717, 1.165) is 0 Å². The third-order valence-electron chi connectivity index (χ3n) is 3.33. The van der Waals surface area contributed by atoms with Crippen LogP contribution in [0, 0.1) is 5.92 Å². The van der Waals surface area contributed by atoms with Gasteiger partial charge in [0.25, 0.3) is 0 Å². The molecule has 0 saturated carbocycles. The van der Waals surface area contributed by atoms with Crippen molar-refractivity contribution in [3.05, 3.63) is 18.2 Å². The first-order valence-electron chi connectivity index (χ1n) is 7.72. The van der Waals surface area contributed by atoms with Crippen LogP contribution in [-0.2, 0) is 25.5 Å². The molecule has 1 rings (SSSR count). The standard InChI is InChI=1S/C15H25N5O4/c1-9(2)4-12(15(23)24-3)20-14(22)11(19-13(21)6-16)5-10-7-17-8-18-10/h7-9,11-12H,4-6,16H2,1-3H3,(H,17,18)(H,19,21)(H,20,22)/t11-,12-/m0/s1. The molecule has 0 bridgehead atoms. The fourth-order valence-corrected chi connectivity index (χ4v) is 2.18. The lowest BCUT2D eigenvalue weighted by atomic mass is 10.0. The van der Waals surface area contributed by atoms with Crippen molar-refractivity contribution in [3.63, 3.8) is 0 Å². The second-order valence-corrected chi connectivity index (χ2v) is 5.82. The van der Waals surface area contributed by atoms with Gasteiger partial charge < -0.3 is 26.1 Å². The van der Waals surface area contributed by atoms with Crippen LogP contribution in [0.3, 0.4) is 0 Å². The van der Waals surface area contributed by atoms with Gasteiger partial charge in [0.2, 0.25) is 11.8 Å². The molecule has 0 saturated heterocycles. The molecule has 0 aliphatic rings. The monoisotopic (exact) mass is 339 g/mol. The second-order valence-electron chi connectivity index (χ2n) is 5.82. The van der Waals surface area contributed by atoms with Gasteiger partial charge in [-0.15, -0.1) is 0 Å². The summed E-state index contributed by atoms with van der Waals surface area (Å²) in [5.74, 6) is -1.29. The van der Waals surface area contributed by atoms with Gasteiger partial charge in [-0.1, -0.05) is 13.8 Å². The molecule has 0 aliphatic carbocycles. The molecule has 0 unspecified atom stereocenters. The number of hydrogen-bond donors (Lipinski definition) is 4. The number of rotatable bonds is 9. The first-order valence-corrected chi connectivity index (χ1v) is 7.72. The summed E-state index contributed by atoms with van der Waals surface area (Å²) in [4.78, 5) is 42.7. The summed E-state index contributed by atoms with van der Waals surface area (Å²) < 4.78 is 4.72. The second kappa shape index (κ2) is 9.66. The highest BCUT2D eigenvalue weighted by atomic mass is 16.5. The van der Waals surface area contributed by atoms with Crippen molar-refractivity contribution in [3.8, 4) is 0 Å². The van der Waals surface area contributed by atoms with Crippen LogP contribution in [0.1, 0.15) is 26.0 Å². The first-order chi connectivity index (χ1) is 11.4. The molecule has 0 radical (unpaired) electrons. The third-order valence-corrected chi connectivity index (χ3v) is 3.33. The zero-order valence-electron chi connectivity index (χ0n) is 14.2. The number of aromatic nitrogens is 2. The molecule has 1 aromatic heterocycles. The Bertz CT molecular complexity index is 544. The van der Waals surface area contributed by atoms with Gasteiger partial charge >= 0.3 is 5.97 Å². The number of ether oxygens (including phenoxy) is 1. The first kappa shape index (κ1) is 19.6. The highest BCUT2D eigenvalue weighted by molar-refractivity contribution is 5.91. The van der Waals surface area contributed by atoms with Gasteiger partial charge in [0, 0.05) is 18.3 Å². The van der Waals surface area contributed by atoms with Gasteiger partial charge in [-0.2, -0.15) is 0 Å². The number of amides is 2. The van der Waals surface area contributed by atoms with E-state index >= 15 is 0 Å². The van der Waals surface area contributed by atoms with Crippen molar-refractivity contribution >= 4 is 17.8 Å². The van der Waals surface area contributed by atoms with E-state index in [1.54, 1.807) is 6.20 Å². The Labute approximate surface area is 140 Å². The Kier molecular flexibility index (Phi) is 7.90. The normalized spacial score (nSPS) is 13.2. The predicted molar refractivity (Wildman–Crippen MR) is 86.7 cm³/mol. The Morgan fingerprint density at radius 1 is 1.29 bits per heavy atom. The van der Waals surface area contributed by atoms with Crippen LogP contribution in [0.5, 0.6) is 0 Å². The summed E-state index contributed by atoms with van der Waals surface area (Å²) in [6.07, 6.45) is 3.67. The molecular weight excluding hydrogens is 314 g/mol. The summed E-state index contributed by atoms with van der Waals surface area (Å²) in [5.41, 5.74) is 5.96. The van der Waals surface area contributed by atoms with E-state index < -0.39 is 29.9 Å². The smallest absolute Gasteiger partial charge is 0.328 e. The van der Waals surface area contributed by atoms with E-state index in [1.165, 1.54) is 13.4 Å². The number of esters is 1. The maximum Gasteiger partial charge on any atom is 0.328 e. The molecule has 0 spiro atoms. The number of nitrogens with two attached hydrogens (primary N) is 1. The Morgan fingerprint density at radius 2 is 2.00 bits per heavy atom. The van der Waals surface area contributed by atoms with Crippen molar-refractivity contribution in [2.45, 2.75) is 38.8 Å². The van der Waals surface area contributed by atoms with Crippen LogP contribution in [0.15, 0.2) is 12.5 Å². The van der Waals surface area contributed by atoms with Crippen LogP contribution >= 0.6 is 0 Å². The lowest BCUT2D eigenvalue weighted by Crippen LogP contribution is -2.53. The number of nitrogens with one attached hydrogen (secondary N) is 3. The summed E-state index contributed by atoms with van der Waals surface area (Å²) in [7, 11) is 1.26. The van der Waals surface area contributed by atoms with Crippen molar-refractivity contribution in [2.24, 2.45) is 11.7 Å². The van der Waals surface area contributed by atoms with Crippen LogP contribution in [0.2, 0.25) is 0 Å². The van der Waals surface area contributed by atoms with Gasteiger partial charge in [0.15, 0.2) is 0 Å². The quantitative estimate of drug-likeness (QED) is 0.430. The maximum atomic E-state index is 12.5. The molecular formula is C15H25N5O4. The minimum absolute atomic E-state index is 0.180. The highest BCUT2D eigenvalue weighted by Crippen LogP contribution is 2.07. The van der Waals surface area contributed by atoms with E-state index in [2.05, 4.69) is 20.6 Å². The minimum atomic E-state index is -0.874. The summed E-state index contributed by atoms with van der Waals surface area (Å²) in [6, 6.07) is -1.65. The van der Waals surface area contributed by atoms with Gasteiger partial charge in [0.05, 0.1) is 20.0 Å². The van der Waals surface area contributed by atoms with Crippen molar-refractivity contribution in [1.29, 1.82) is 0 Å². The number of aromatic amines is 1. The lowest BCUT2D eigenvalue weighted by Gasteiger charge is -2.22. The zero-order chi connectivity index (χ0) is 18.1. The minimum Gasteiger partial charge on any atom is -0.467 e. The van der Waals surface area contributed by atoms with E-state index in [-0.39, 0.29) is 18.9 Å². The Morgan fingerprint density at radius 3 is 2.50 bits per heavy atom. The number of hydrogen-bond acceptors (Lipinski definition) is 6. The molecule has 2 amide bonds. The van der Waals surface area contributed by atoms with Gasteiger partial charge in [-0.3, -0.25) is 9.59 Å². The van der Waals surface area contributed by atoms with Crippen LogP contribution < -0.4 is 16.4 Å². The molecule has 0 aromatic carbocycles. The van der Waals surface area contributed by atoms with Crippen molar-refractivity contribution in [2.75, 3.05) is 13.7 Å². The van der Waals surface area contributed by atoms with Crippen LogP contribution in [-0.4, -0.2) is 53.5 Å². The molecule has 1 aromatic rings. The topological polar surface area (TPSA) is 139 Å². The van der Waals surface area contributed by atoms with Gasteiger partial charge in [-0.25, -0.2) is 9.78 Å². The predicted octanol–water partition coefficient (Wildman–Crippen LogP) is -0.900. The van der Waals surface area contributed by atoms with Gasteiger partial charge in [0.1, 0.15) is 12.1 Å². The number of carbonyl (C=O) groups is 3. The fraction of sp³-hybridized carbons (Fsp3) is 0.600. The molecule has 5 N–H and O–H groups in total. The molecule has 0 aliphatic heterocycles. The Balaban J connectivity index is 2.83. The van der Waals surface area contributed by atoms with Crippen molar-refractivity contribution < 1.29 is 19.1 Å². The average Bonchev–Trinajstić information content (AvgIpc) is 3.05. The summed E-state index contributed by atoms with van der Waals surface area (Å²) in [5, 5.41) is 5.18. The SMILES string of the molecule is COC(=O)[C@H](CC(C)C)NC(=O)[C@H](Cc1cnc[nH]1)NC(=O)CN.